The van der Waals surface area contributed by atoms with Crippen LogP contribution in [0.25, 0.3) is 10.9 Å². The molecule has 5 rings (SSSR count). The highest BCUT2D eigenvalue weighted by atomic mass is 32.2. The topological polar surface area (TPSA) is 73.5 Å². The maximum absolute atomic E-state index is 13.9. The molecular formula is C31H35N3O3S. The summed E-state index contributed by atoms with van der Waals surface area (Å²) in [5.74, 6) is -0.174. The van der Waals surface area contributed by atoms with E-state index < -0.39 is 10.0 Å². The number of benzene rings is 3. The largest absolute Gasteiger partial charge is 0.361 e. The summed E-state index contributed by atoms with van der Waals surface area (Å²) in [4.78, 5) is 19.3. The van der Waals surface area contributed by atoms with E-state index in [1.807, 2.05) is 87.6 Å². The zero-order valence-electron chi connectivity index (χ0n) is 22.3. The van der Waals surface area contributed by atoms with Gasteiger partial charge in [-0.3, -0.25) is 4.79 Å². The Kier molecular flexibility index (Phi) is 7.41. The lowest BCUT2D eigenvalue weighted by Gasteiger charge is -2.28. The number of hydrogen-bond donors (Lipinski definition) is 1. The van der Waals surface area contributed by atoms with Gasteiger partial charge in [0.25, 0.3) is 0 Å². The third-order valence-electron chi connectivity index (χ3n) is 7.31. The van der Waals surface area contributed by atoms with Crippen molar-refractivity contribution in [2.45, 2.75) is 57.5 Å². The molecule has 0 saturated heterocycles. The number of aromatic nitrogens is 1. The summed E-state index contributed by atoms with van der Waals surface area (Å²) < 4.78 is 29.3. The van der Waals surface area contributed by atoms with E-state index in [1.165, 1.54) is 4.31 Å². The molecule has 1 heterocycles. The van der Waals surface area contributed by atoms with Crippen molar-refractivity contribution in [3.05, 3.63) is 101 Å². The normalized spacial score (nSPS) is 13.8. The van der Waals surface area contributed by atoms with Gasteiger partial charge in [0.05, 0.1) is 11.4 Å². The van der Waals surface area contributed by atoms with Gasteiger partial charge < -0.3 is 9.88 Å². The summed E-state index contributed by atoms with van der Waals surface area (Å²) in [5.41, 5.74) is 5.70. The minimum atomic E-state index is -3.82. The van der Waals surface area contributed by atoms with Crippen LogP contribution in [0.1, 0.15) is 40.7 Å². The van der Waals surface area contributed by atoms with Crippen LogP contribution in [0.3, 0.4) is 0 Å². The van der Waals surface area contributed by atoms with Gasteiger partial charge >= 0.3 is 0 Å². The fourth-order valence-electron chi connectivity index (χ4n) is 5.39. The summed E-state index contributed by atoms with van der Waals surface area (Å²) in [5, 5.41) is 1.15. The molecule has 0 bridgehead atoms. The van der Waals surface area contributed by atoms with Crippen LogP contribution < -0.4 is 0 Å². The lowest BCUT2D eigenvalue weighted by molar-refractivity contribution is -0.132. The first-order valence-electron chi connectivity index (χ1n) is 13.2. The predicted molar refractivity (Wildman–Crippen MR) is 151 cm³/mol. The number of H-pyrrole nitrogens is 1. The summed E-state index contributed by atoms with van der Waals surface area (Å²) in [6.45, 7) is 6.42. The Balaban J connectivity index is 1.41. The lowest BCUT2D eigenvalue weighted by atomic mass is 10.1. The molecule has 1 saturated carbocycles. The quantitative estimate of drug-likeness (QED) is 0.294. The van der Waals surface area contributed by atoms with Gasteiger partial charge in [-0.25, -0.2) is 8.42 Å². The van der Waals surface area contributed by atoms with Crippen molar-refractivity contribution in [2.75, 3.05) is 13.1 Å². The highest BCUT2D eigenvalue weighted by molar-refractivity contribution is 7.89. The molecule has 0 spiro atoms. The maximum Gasteiger partial charge on any atom is 0.244 e. The predicted octanol–water partition coefficient (Wildman–Crippen LogP) is 5.52. The lowest BCUT2D eigenvalue weighted by Crippen LogP contribution is -2.44. The number of nitrogens with one attached hydrogen (secondary N) is 1. The molecule has 0 unspecified atom stereocenters. The third-order valence-corrected chi connectivity index (χ3v) is 9.52. The maximum atomic E-state index is 13.9. The van der Waals surface area contributed by atoms with E-state index in [0.29, 0.717) is 24.4 Å². The van der Waals surface area contributed by atoms with Gasteiger partial charge in [-0.1, -0.05) is 66.2 Å². The Labute approximate surface area is 225 Å². The van der Waals surface area contributed by atoms with Crippen molar-refractivity contribution in [1.82, 2.24) is 14.2 Å². The van der Waals surface area contributed by atoms with Crippen molar-refractivity contribution < 1.29 is 13.2 Å². The second kappa shape index (κ2) is 10.8. The summed E-state index contributed by atoms with van der Waals surface area (Å²) >= 11 is 0. The zero-order valence-corrected chi connectivity index (χ0v) is 23.1. The molecule has 0 aliphatic heterocycles. The Morgan fingerprint density at radius 2 is 1.61 bits per heavy atom. The number of aromatic amines is 1. The van der Waals surface area contributed by atoms with Gasteiger partial charge in [0, 0.05) is 36.2 Å². The first-order chi connectivity index (χ1) is 18.2. The first-order valence-corrected chi connectivity index (χ1v) is 14.6. The highest BCUT2D eigenvalue weighted by Crippen LogP contribution is 2.34. The molecular weight excluding hydrogens is 494 g/mol. The standard InChI is InChI=1S/C31H35N3O3S/c1-22-17-23(2)31(24(3)18-22)38(36,37)34(27-13-14-27)21-30(35)33(20-25-9-5-4-6-10-25)16-15-26-19-32-29-12-8-7-11-28(26)29/h4-12,17-19,27,32H,13-16,20-21H2,1-3H3. The van der Waals surface area contributed by atoms with Crippen LogP contribution in [0.15, 0.2) is 77.8 Å². The molecule has 198 valence electrons. The van der Waals surface area contributed by atoms with Gasteiger partial charge in [0.1, 0.15) is 0 Å². The molecule has 6 nitrogen and oxygen atoms in total. The number of carbonyl (C=O) groups is 1. The van der Waals surface area contributed by atoms with Gasteiger partial charge in [0.2, 0.25) is 15.9 Å². The number of sulfonamides is 1. The van der Waals surface area contributed by atoms with Gasteiger partial charge in [0.15, 0.2) is 0 Å². The molecule has 0 radical (unpaired) electrons. The molecule has 1 N–H and O–H groups in total. The van der Waals surface area contributed by atoms with E-state index in [2.05, 4.69) is 11.1 Å². The Bertz CT molecular complexity index is 1530. The monoisotopic (exact) mass is 529 g/mol. The van der Waals surface area contributed by atoms with Crippen LogP contribution in [-0.2, 0) is 27.8 Å². The molecule has 1 fully saturated rings. The number of hydrogen-bond acceptors (Lipinski definition) is 3. The fraction of sp³-hybridized carbons (Fsp3) is 0.323. The Hall–Kier alpha value is -3.42. The van der Waals surface area contributed by atoms with Crippen LogP contribution in [0.5, 0.6) is 0 Å². The number of para-hydroxylation sites is 1. The van der Waals surface area contributed by atoms with E-state index in [9.17, 15) is 13.2 Å². The molecule has 1 amide bonds. The van der Waals surface area contributed by atoms with Crippen molar-refractivity contribution in [1.29, 1.82) is 0 Å². The molecule has 3 aromatic carbocycles. The minimum Gasteiger partial charge on any atom is -0.361 e. The second-order valence-electron chi connectivity index (χ2n) is 10.4. The van der Waals surface area contributed by atoms with Crippen LogP contribution >= 0.6 is 0 Å². The second-order valence-corrected chi connectivity index (χ2v) is 12.2. The fourth-order valence-corrected chi connectivity index (χ4v) is 7.44. The number of fused-ring (bicyclic) bond motifs is 1. The number of carbonyl (C=O) groups excluding carboxylic acids is 1. The molecule has 1 aromatic heterocycles. The van der Waals surface area contributed by atoms with Crippen LogP contribution in [0.4, 0.5) is 0 Å². The third kappa shape index (κ3) is 5.54. The Morgan fingerprint density at radius 1 is 0.947 bits per heavy atom. The van der Waals surface area contributed by atoms with Crippen LogP contribution in [0, 0.1) is 20.8 Å². The van der Waals surface area contributed by atoms with E-state index in [1.54, 1.807) is 4.90 Å². The number of amides is 1. The highest BCUT2D eigenvalue weighted by Gasteiger charge is 2.41. The summed E-state index contributed by atoms with van der Waals surface area (Å²) in [6.07, 6.45) is 4.24. The molecule has 1 aliphatic carbocycles. The smallest absolute Gasteiger partial charge is 0.244 e. The van der Waals surface area contributed by atoms with Crippen molar-refractivity contribution >= 4 is 26.8 Å². The average molecular weight is 530 g/mol. The Morgan fingerprint density at radius 3 is 2.29 bits per heavy atom. The summed E-state index contributed by atoms with van der Waals surface area (Å²) in [6, 6.07) is 21.7. The van der Waals surface area contributed by atoms with Crippen LogP contribution in [0.2, 0.25) is 0 Å². The van der Waals surface area contributed by atoms with Crippen molar-refractivity contribution in [2.24, 2.45) is 0 Å². The van der Waals surface area contributed by atoms with E-state index in [-0.39, 0.29) is 18.5 Å². The van der Waals surface area contributed by atoms with E-state index in [0.717, 1.165) is 51.6 Å². The number of rotatable bonds is 10. The number of nitrogens with zero attached hydrogens (tertiary/aromatic N) is 2. The van der Waals surface area contributed by atoms with Gasteiger partial charge in [-0.15, -0.1) is 0 Å². The molecule has 4 aromatic rings. The van der Waals surface area contributed by atoms with Crippen LogP contribution in [-0.4, -0.2) is 47.6 Å². The number of aryl methyl sites for hydroxylation is 3. The molecule has 38 heavy (non-hydrogen) atoms. The SMILES string of the molecule is Cc1cc(C)c(S(=O)(=O)N(CC(=O)N(CCc2c[nH]c3ccccc23)Cc2ccccc2)C2CC2)c(C)c1. The zero-order chi connectivity index (χ0) is 26.9. The molecule has 7 heteroatoms. The first kappa shape index (κ1) is 26.2. The van der Waals surface area contributed by atoms with E-state index >= 15 is 0 Å². The van der Waals surface area contributed by atoms with Gasteiger partial charge in [-0.2, -0.15) is 4.31 Å². The van der Waals surface area contributed by atoms with E-state index in [4.69, 9.17) is 0 Å². The van der Waals surface area contributed by atoms with Gasteiger partial charge in [-0.05, 0) is 68.4 Å². The minimum absolute atomic E-state index is 0.128. The van der Waals surface area contributed by atoms with Crippen molar-refractivity contribution in [3.8, 4) is 0 Å². The van der Waals surface area contributed by atoms with Crippen molar-refractivity contribution in [3.63, 3.8) is 0 Å². The molecule has 0 atom stereocenters. The average Bonchev–Trinajstić information content (AvgIpc) is 3.63. The summed E-state index contributed by atoms with van der Waals surface area (Å²) in [7, 11) is -3.82. The molecule has 1 aliphatic rings.